The van der Waals surface area contributed by atoms with E-state index in [0.29, 0.717) is 5.56 Å². The van der Waals surface area contributed by atoms with Gasteiger partial charge in [-0.1, -0.05) is 0 Å². The lowest BCUT2D eigenvalue weighted by atomic mass is 10.2. The molecule has 66 valence electrons. The van der Waals surface area contributed by atoms with Gasteiger partial charge in [0.05, 0.1) is 0 Å². The van der Waals surface area contributed by atoms with Gasteiger partial charge >= 0.3 is 0 Å². The fourth-order valence-corrected chi connectivity index (χ4v) is 2.05. The van der Waals surface area contributed by atoms with Crippen LogP contribution in [0, 0.1) is 13.8 Å². The minimum absolute atomic E-state index is 0.0785. The summed E-state index contributed by atoms with van der Waals surface area (Å²) in [6.45, 7) is 3.47. The number of hydrogen-bond donors (Lipinski definition) is 0. The molecule has 0 unspecified atom stereocenters. The summed E-state index contributed by atoms with van der Waals surface area (Å²) in [6, 6.07) is 1.68. The Labute approximate surface area is 75.8 Å². The molecule has 0 aromatic carbocycles. The Hall–Kier alpha value is -0.610. The molecule has 0 atom stereocenters. The standard InChI is InChI=1S/C7H8ClNO2S/c1-5-3-6(2)9-4-7(5)12(8,10)11/h3-4H,1-2H3. The average molecular weight is 206 g/mol. The number of pyridine rings is 1. The van der Waals surface area contributed by atoms with Crippen LogP contribution in [-0.2, 0) is 9.05 Å². The molecule has 0 aliphatic carbocycles. The third-order valence-corrected chi connectivity index (χ3v) is 2.91. The van der Waals surface area contributed by atoms with Crippen molar-refractivity contribution in [3.05, 3.63) is 23.5 Å². The molecule has 0 aliphatic rings. The smallest absolute Gasteiger partial charge is 0.260 e. The maximum Gasteiger partial charge on any atom is 0.263 e. The second kappa shape index (κ2) is 3.03. The highest BCUT2D eigenvalue weighted by Gasteiger charge is 2.13. The van der Waals surface area contributed by atoms with E-state index < -0.39 is 9.05 Å². The molecular weight excluding hydrogens is 198 g/mol. The first-order valence-electron chi connectivity index (χ1n) is 3.29. The molecule has 0 amide bonds. The molecule has 0 bridgehead atoms. The van der Waals surface area contributed by atoms with Gasteiger partial charge in [-0.3, -0.25) is 4.98 Å². The number of aromatic nitrogens is 1. The van der Waals surface area contributed by atoms with Gasteiger partial charge in [0.15, 0.2) is 0 Å². The van der Waals surface area contributed by atoms with E-state index in [1.54, 1.807) is 19.9 Å². The van der Waals surface area contributed by atoms with Gasteiger partial charge < -0.3 is 0 Å². The molecule has 5 heteroatoms. The van der Waals surface area contributed by atoms with Gasteiger partial charge in [-0.2, -0.15) is 0 Å². The molecule has 0 saturated carbocycles. The third-order valence-electron chi connectivity index (χ3n) is 1.46. The van der Waals surface area contributed by atoms with Gasteiger partial charge in [0, 0.05) is 22.6 Å². The van der Waals surface area contributed by atoms with Crippen LogP contribution in [0.15, 0.2) is 17.2 Å². The second-order valence-corrected chi connectivity index (χ2v) is 5.06. The Bertz CT molecular complexity index is 400. The van der Waals surface area contributed by atoms with Crippen LogP contribution >= 0.6 is 10.7 Å². The average Bonchev–Trinajstić information content (AvgIpc) is 1.83. The minimum atomic E-state index is -3.64. The van der Waals surface area contributed by atoms with E-state index in [1.165, 1.54) is 6.20 Å². The Morgan fingerprint density at radius 2 is 2.00 bits per heavy atom. The normalized spacial score (nSPS) is 11.6. The maximum atomic E-state index is 10.9. The number of nitrogens with zero attached hydrogens (tertiary/aromatic N) is 1. The van der Waals surface area contributed by atoms with E-state index in [-0.39, 0.29) is 4.90 Å². The van der Waals surface area contributed by atoms with E-state index in [2.05, 4.69) is 4.98 Å². The summed E-state index contributed by atoms with van der Waals surface area (Å²) < 4.78 is 21.8. The van der Waals surface area contributed by atoms with Gasteiger partial charge in [0.2, 0.25) is 0 Å². The molecule has 1 heterocycles. The van der Waals surface area contributed by atoms with Crippen LogP contribution in [0.25, 0.3) is 0 Å². The fourth-order valence-electron chi connectivity index (χ4n) is 0.939. The fraction of sp³-hybridized carbons (Fsp3) is 0.286. The van der Waals surface area contributed by atoms with Crippen LogP contribution in [0.3, 0.4) is 0 Å². The molecule has 1 aromatic rings. The molecule has 1 aromatic heterocycles. The van der Waals surface area contributed by atoms with Crippen LogP contribution in [0.4, 0.5) is 0 Å². The van der Waals surface area contributed by atoms with Crippen LogP contribution in [-0.4, -0.2) is 13.4 Å². The number of halogens is 1. The highest BCUT2D eigenvalue weighted by molar-refractivity contribution is 8.13. The van der Waals surface area contributed by atoms with Crippen molar-refractivity contribution in [3.8, 4) is 0 Å². The van der Waals surface area contributed by atoms with Crippen LogP contribution in [0.1, 0.15) is 11.3 Å². The maximum absolute atomic E-state index is 10.9. The highest BCUT2D eigenvalue weighted by Crippen LogP contribution is 2.18. The van der Waals surface area contributed by atoms with Gasteiger partial charge in [-0.05, 0) is 25.5 Å². The van der Waals surface area contributed by atoms with Crippen LogP contribution in [0.5, 0.6) is 0 Å². The predicted octanol–water partition coefficient (Wildman–Crippen LogP) is 1.63. The molecule has 0 fully saturated rings. The molecule has 0 spiro atoms. The van der Waals surface area contributed by atoms with Crippen LogP contribution in [0.2, 0.25) is 0 Å². The predicted molar refractivity (Wildman–Crippen MR) is 46.7 cm³/mol. The first kappa shape index (κ1) is 9.48. The van der Waals surface area contributed by atoms with Crippen molar-refractivity contribution >= 4 is 19.7 Å². The molecule has 0 saturated heterocycles. The summed E-state index contributed by atoms with van der Waals surface area (Å²) in [7, 11) is 1.51. The summed E-state index contributed by atoms with van der Waals surface area (Å²) in [4.78, 5) is 3.92. The summed E-state index contributed by atoms with van der Waals surface area (Å²) in [5.74, 6) is 0. The Balaban J connectivity index is 3.39. The number of hydrogen-bond acceptors (Lipinski definition) is 3. The first-order valence-corrected chi connectivity index (χ1v) is 5.60. The topological polar surface area (TPSA) is 47.0 Å². The Morgan fingerprint density at radius 3 is 2.42 bits per heavy atom. The summed E-state index contributed by atoms with van der Waals surface area (Å²) in [5.41, 5.74) is 1.40. The molecule has 0 radical (unpaired) electrons. The lowest BCUT2D eigenvalue weighted by Gasteiger charge is -2.00. The second-order valence-electron chi connectivity index (χ2n) is 2.53. The summed E-state index contributed by atoms with van der Waals surface area (Å²) in [6.07, 6.45) is 1.27. The Morgan fingerprint density at radius 1 is 1.42 bits per heavy atom. The van der Waals surface area contributed by atoms with E-state index in [1.807, 2.05) is 0 Å². The lowest BCUT2D eigenvalue weighted by molar-refractivity contribution is 0.608. The van der Waals surface area contributed by atoms with E-state index in [0.717, 1.165) is 5.69 Å². The molecule has 0 N–H and O–H groups in total. The van der Waals surface area contributed by atoms with Crippen molar-refractivity contribution in [2.45, 2.75) is 18.7 Å². The van der Waals surface area contributed by atoms with Crippen molar-refractivity contribution in [2.75, 3.05) is 0 Å². The van der Waals surface area contributed by atoms with E-state index in [4.69, 9.17) is 10.7 Å². The molecular formula is C7H8ClNO2S. The van der Waals surface area contributed by atoms with Gasteiger partial charge in [-0.15, -0.1) is 0 Å². The monoisotopic (exact) mass is 205 g/mol. The zero-order valence-corrected chi connectivity index (χ0v) is 8.28. The number of aryl methyl sites for hydroxylation is 2. The van der Waals surface area contributed by atoms with Crippen molar-refractivity contribution in [1.82, 2.24) is 4.98 Å². The molecule has 1 rings (SSSR count). The van der Waals surface area contributed by atoms with Crippen molar-refractivity contribution in [3.63, 3.8) is 0 Å². The highest BCUT2D eigenvalue weighted by atomic mass is 35.7. The molecule has 3 nitrogen and oxygen atoms in total. The van der Waals surface area contributed by atoms with Crippen molar-refractivity contribution in [2.24, 2.45) is 0 Å². The zero-order chi connectivity index (χ0) is 9.35. The molecule has 0 aliphatic heterocycles. The van der Waals surface area contributed by atoms with E-state index >= 15 is 0 Å². The summed E-state index contributed by atoms with van der Waals surface area (Å²) in [5, 5.41) is 0. The third kappa shape index (κ3) is 1.95. The molecule has 12 heavy (non-hydrogen) atoms. The first-order chi connectivity index (χ1) is 5.41. The van der Waals surface area contributed by atoms with Crippen molar-refractivity contribution in [1.29, 1.82) is 0 Å². The van der Waals surface area contributed by atoms with Crippen LogP contribution < -0.4 is 0 Å². The Kier molecular flexibility index (Phi) is 2.39. The quantitative estimate of drug-likeness (QED) is 0.655. The van der Waals surface area contributed by atoms with Gasteiger partial charge in [-0.25, -0.2) is 8.42 Å². The SMILES string of the molecule is Cc1cc(C)c(S(=O)(=O)Cl)cn1. The minimum Gasteiger partial charge on any atom is -0.260 e. The van der Waals surface area contributed by atoms with E-state index in [9.17, 15) is 8.42 Å². The lowest BCUT2D eigenvalue weighted by Crippen LogP contribution is -1.96. The summed E-state index contributed by atoms with van der Waals surface area (Å²) >= 11 is 0. The largest absolute Gasteiger partial charge is 0.263 e. The van der Waals surface area contributed by atoms with Gasteiger partial charge in [0.25, 0.3) is 9.05 Å². The van der Waals surface area contributed by atoms with Gasteiger partial charge in [0.1, 0.15) is 4.90 Å². The number of rotatable bonds is 1. The zero-order valence-electron chi connectivity index (χ0n) is 6.70. The van der Waals surface area contributed by atoms with Crippen molar-refractivity contribution < 1.29 is 8.42 Å².